The second-order valence-electron chi connectivity index (χ2n) is 4.46. The molecular formula is C13H14FN5O2. The minimum absolute atomic E-state index is 0.0394. The van der Waals surface area contributed by atoms with Crippen LogP contribution in [-0.4, -0.2) is 27.0 Å². The van der Waals surface area contributed by atoms with Crippen molar-refractivity contribution in [2.45, 2.75) is 19.9 Å². The van der Waals surface area contributed by atoms with Crippen molar-refractivity contribution in [1.82, 2.24) is 20.5 Å². The number of halogens is 1. The Labute approximate surface area is 120 Å². The Balaban J connectivity index is 2.00. The fourth-order valence-corrected chi connectivity index (χ4v) is 1.68. The molecule has 0 aliphatic heterocycles. The van der Waals surface area contributed by atoms with Crippen molar-refractivity contribution in [3.8, 4) is 0 Å². The molecule has 110 valence electrons. The molecule has 0 saturated heterocycles. The lowest BCUT2D eigenvalue weighted by atomic mass is 10.2. The number of hydrogen-bond acceptors (Lipinski definition) is 4. The number of benzene rings is 1. The Hall–Kier alpha value is -2.77. The lowest BCUT2D eigenvalue weighted by molar-refractivity contribution is -0.136. The molecule has 1 aromatic carbocycles. The van der Waals surface area contributed by atoms with Gasteiger partial charge in [-0.2, -0.15) is 5.10 Å². The second-order valence-corrected chi connectivity index (χ2v) is 4.46. The van der Waals surface area contributed by atoms with Crippen LogP contribution in [0.2, 0.25) is 0 Å². The number of aryl methyl sites for hydroxylation is 1. The highest BCUT2D eigenvalue weighted by atomic mass is 19.1. The maximum atomic E-state index is 13.7. The predicted octanol–water partition coefficient (Wildman–Crippen LogP) is 1.07. The highest BCUT2D eigenvalue weighted by Crippen LogP contribution is 2.16. The third-order valence-electron chi connectivity index (χ3n) is 2.84. The van der Waals surface area contributed by atoms with Crippen LogP contribution in [-0.2, 0) is 9.59 Å². The van der Waals surface area contributed by atoms with Crippen LogP contribution in [0.3, 0.4) is 0 Å². The predicted molar refractivity (Wildman–Crippen MR) is 72.7 cm³/mol. The molecule has 1 heterocycles. The third kappa shape index (κ3) is 3.41. The van der Waals surface area contributed by atoms with Gasteiger partial charge in [0.25, 0.3) is 0 Å². The van der Waals surface area contributed by atoms with Crippen molar-refractivity contribution in [3.05, 3.63) is 41.7 Å². The van der Waals surface area contributed by atoms with Crippen LogP contribution in [0.5, 0.6) is 0 Å². The molecule has 2 aromatic rings. The van der Waals surface area contributed by atoms with Gasteiger partial charge < -0.3 is 10.6 Å². The summed E-state index contributed by atoms with van der Waals surface area (Å²) in [6.45, 7) is 3.20. The largest absolute Gasteiger partial charge is 0.338 e. The van der Waals surface area contributed by atoms with E-state index < -0.39 is 23.7 Å². The number of amides is 2. The van der Waals surface area contributed by atoms with Crippen LogP contribution < -0.4 is 10.6 Å². The number of carbonyl (C=O) groups is 2. The van der Waals surface area contributed by atoms with Crippen LogP contribution >= 0.6 is 0 Å². The summed E-state index contributed by atoms with van der Waals surface area (Å²) in [5, 5.41) is 10.9. The van der Waals surface area contributed by atoms with Gasteiger partial charge in [0, 0.05) is 0 Å². The number of anilines is 1. The number of hydrogen-bond donors (Lipinski definition) is 3. The number of aromatic amines is 1. The Bertz CT molecular complexity index is 657. The van der Waals surface area contributed by atoms with E-state index in [0.29, 0.717) is 11.4 Å². The smallest absolute Gasteiger partial charge is 0.313 e. The maximum Gasteiger partial charge on any atom is 0.313 e. The summed E-state index contributed by atoms with van der Waals surface area (Å²) in [7, 11) is 0. The number of nitrogens with zero attached hydrogens (tertiary/aromatic N) is 2. The van der Waals surface area contributed by atoms with Gasteiger partial charge in [0.2, 0.25) is 0 Å². The highest BCUT2D eigenvalue weighted by molar-refractivity contribution is 6.39. The summed E-state index contributed by atoms with van der Waals surface area (Å²) in [5.41, 5.74) is 0.339. The quantitative estimate of drug-likeness (QED) is 0.736. The molecule has 1 aromatic heterocycles. The lowest BCUT2D eigenvalue weighted by Gasteiger charge is -2.11. The Morgan fingerprint density at radius 1 is 1.33 bits per heavy atom. The summed E-state index contributed by atoms with van der Waals surface area (Å²) in [6.07, 6.45) is 1.29. The van der Waals surface area contributed by atoms with Crippen molar-refractivity contribution in [3.63, 3.8) is 0 Å². The molecule has 2 amide bonds. The highest BCUT2D eigenvalue weighted by Gasteiger charge is 2.19. The van der Waals surface area contributed by atoms with Crippen LogP contribution in [0.25, 0.3) is 0 Å². The lowest BCUT2D eigenvalue weighted by Crippen LogP contribution is -2.37. The van der Waals surface area contributed by atoms with Crippen LogP contribution in [0.4, 0.5) is 10.1 Å². The first-order chi connectivity index (χ1) is 9.99. The van der Waals surface area contributed by atoms with E-state index in [2.05, 4.69) is 25.8 Å². The first-order valence-electron chi connectivity index (χ1n) is 6.21. The molecule has 21 heavy (non-hydrogen) atoms. The van der Waals surface area contributed by atoms with Crippen molar-refractivity contribution >= 4 is 17.5 Å². The molecule has 0 radical (unpaired) electrons. The molecule has 0 spiro atoms. The molecular weight excluding hydrogens is 277 g/mol. The average Bonchev–Trinajstić information content (AvgIpc) is 2.98. The fraction of sp³-hybridized carbons (Fsp3) is 0.231. The number of rotatable bonds is 3. The number of aromatic nitrogens is 3. The number of H-pyrrole nitrogens is 1. The van der Waals surface area contributed by atoms with Gasteiger partial charge in [-0.3, -0.25) is 14.7 Å². The van der Waals surface area contributed by atoms with E-state index in [4.69, 9.17) is 0 Å². The molecule has 0 bridgehead atoms. The van der Waals surface area contributed by atoms with E-state index in [1.54, 1.807) is 26.0 Å². The van der Waals surface area contributed by atoms with Crippen molar-refractivity contribution in [2.24, 2.45) is 0 Å². The molecule has 0 aliphatic rings. The monoisotopic (exact) mass is 291 g/mol. The molecule has 7 nitrogen and oxygen atoms in total. The normalized spacial score (nSPS) is 11.8. The Kier molecular flexibility index (Phi) is 4.27. The third-order valence-corrected chi connectivity index (χ3v) is 2.84. The van der Waals surface area contributed by atoms with Gasteiger partial charge in [-0.05, 0) is 25.5 Å². The van der Waals surface area contributed by atoms with Crippen LogP contribution in [0.15, 0.2) is 24.5 Å². The molecule has 8 heteroatoms. The van der Waals surface area contributed by atoms with E-state index in [9.17, 15) is 14.0 Å². The standard InChI is InChI=1S/C13H14FN5O2/c1-7-4-3-5-9(10(7)14)18-13(21)12(20)17-8(2)11-15-6-16-19-11/h3-6,8H,1-2H3,(H,17,20)(H,18,21)(H,15,16,19)/t8-/m1/s1. The summed E-state index contributed by atoms with van der Waals surface area (Å²) in [4.78, 5) is 27.4. The van der Waals surface area contributed by atoms with E-state index in [0.717, 1.165) is 0 Å². The Morgan fingerprint density at radius 3 is 2.76 bits per heavy atom. The van der Waals surface area contributed by atoms with Gasteiger partial charge in [0.1, 0.15) is 18.0 Å². The zero-order chi connectivity index (χ0) is 15.4. The SMILES string of the molecule is Cc1cccc(NC(=O)C(=O)N[C@H](C)c2ncn[nH]2)c1F. The van der Waals surface area contributed by atoms with Crippen molar-refractivity contribution < 1.29 is 14.0 Å². The Morgan fingerprint density at radius 2 is 2.10 bits per heavy atom. The number of nitrogens with one attached hydrogen (secondary N) is 3. The van der Waals surface area contributed by atoms with Gasteiger partial charge in [-0.15, -0.1) is 0 Å². The van der Waals surface area contributed by atoms with E-state index in [1.807, 2.05) is 0 Å². The fourth-order valence-electron chi connectivity index (χ4n) is 1.68. The van der Waals surface area contributed by atoms with Crippen LogP contribution in [0.1, 0.15) is 24.4 Å². The second kappa shape index (κ2) is 6.12. The van der Waals surface area contributed by atoms with Gasteiger partial charge in [0.15, 0.2) is 0 Å². The first-order valence-corrected chi connectivity index (χ1v) is 6.21. The van der Waals surface area contributed by atoms with Crippen LogP contribution in [0, 0.1) is 12.7 Å². The average molecular weight is 291 g/mol. The zero-order valence-corrected chi connectivity index (χ0v) is 11.5. The summed E-state index contributed by atoms with van der Waals surface area (Å²) in [5.74, 6) is -1.99. The van der Waals surface area contributed by atoms with Gasteiger partial charge in [0.05, 0.1) is 11.7 Å². The summed E-state index contributed by atoms with van der Waals surface area (Å²) < 4.78 is 13.7. The van der Waals surface area contributed by atoms with Crippen molar-refractivity contribution in [2.75, 3.05) is 5.32 Å². The molecule has 0 unspecified atom stereocenters. The molecule has 3 N–H and O–H groups in total. The molecule has 0 fully saturated rings. The minimum Gasteiger partial charge on any atom is -0.338 e. The summed E-state index contributed by atoms with van der Waals surface area (Å²) in [6, 6.07) is 4.01. The van der Waals surface area contributed by atoms with Crippen molar-refractivity contribution in [1.29, 1.82) is 0 Å². The summed E-state index contributed by atoms with van der Waals surface area (Å²) >= 11 is 0. The maximum absolute atomic E-state index is 13.7. The molecule has 2 rings (SSSR count). The topological polar surface area (TPSA) is 99.8 Å². The van der Waals surface area contributed by atoms with E-state index >= 15 is 0 Å². The molecule has 0 saturated carbocycles. The molecule has 1 atom stereocenters. The first kappa shape index (κ1) is 14.6. The van der Waals surface area contributed by atoms with Gasteiger partial charge in [-0.1, -0.05) is 12.1 Å². The number of carbonyl (C=O) groups excluding carboxylic acids is 2. The molecule has 0 aliphatic carbocycles. The minimum atomic E-state index is -0.953. The van der Waals surface area contributed by atoms with E-state index in [1.165, 1.54) is 12.4 Å². The van der Waals surface area contributed by atoms with Gasteiger partial charge in [-0.25, -0.2) is 9.37 Å². The van der Waals surface area contributed by atoms with E-state index in [-0.39, 0.29) is 5.69 Å². The zero-order valence-electron chi connectivity index (χ0n) is 11.5. The van der Waals surface area contributed by atoms with Gasteiger partial charge >= 0.3 is 11.8 Å².